The average molecular weight is 350 g/mol. The molecule has 5 heteroatoms. The number of para-hydroxylation sites is 1. The lowest BCUT2D eigenvalue weighted by Crippen LogP contribution is -2.45. The SMILES string of the molecule is Cc1cccc2c1N(C1CC1)CCN2C(=O)c1coc2c1C(=O)CCC2. The van der Waals surface area contributed by atoms with Gasteiger partial charge in [0.1, 0.15) is 12.0 Å². The van der Waals surface area contributed by atoms with Crippen molar-refractivity contribution in [2.45, 2.75) is 45.1 Å². The third-order valence-corrected chi connectivity index (χ3v) is 5.78. The predicted molar refractivity (Wildman–Crippen MR) is 99.2 cm³/mol. The molecule has 134 valence electrons. The van der Waals surface area contributed by atoms with Gasteiger partial charge >= 0.3 is 0 Å². The van der Waals surface area contributed by atoms with Gasteiger partial charge in [-0.3, -0.25) is 9.59 Å². The van der Waals surface area contributed by atoms with E-state index in [4.69, 9.17) is 4.42 Å². The minimum absolute atomic E-state index is 0.0319. The van der Waals surface area contributed by atoms with Crippen LogP contribution in [0.15, 0.2) is 28.9 Å². The van der Waals surface area contributed by atoms with Crippen LogP contribution in [0.4, 0.5) is 11.4 Å². The summed E-state index contributed by atoms with van der Waals surface area (Å²) in [6.07, 6.45) is 5.97. The predicted octanol–water partition coefficient (Wildman–Crippen LogP) is 3.74. The molecule has 26 heavy (non-hydrogen) atoms. The Kier molecular flexibility index (Phi) is 3.45. The number of Topliss-reactive ketones (excluding diaryl/α,β-unsaturated/α-hetero) is 1. The first-order valence-corrected chi connectivity index (χ1v) is 9.47. The van der Waals surface area contributed by atoms with E-state index in [1.807, 2.05) is 17.0 Å². The highest BCUT2D eigenvalue weighted by Gasteiger charge is 2.38. The monoisotopic (exact) mass is 350 g/mol. The van der Waals surface area contributed by atoms with Gasteiger partial charge in [-0.2, -0.15) is 0 Å². The van der Waals surface area contributed by atoms with Gasteiger partial charge in [0.2, 0.25) is 0 Å². The highest BCUT2D eigenvalue weighted by atomic mass is 16.3. The minimum atomic E-state index is -0.118. The van der Waals surface area contributed by atoms with Gasteiger partial charge in [0.15, 0.2) is 5.78 Å². The molecule has 0 saturated heterocycles. The molecule has 1 aromatic heterocycles. The number of ketones is 1. The smallest absolute Gasteiger partial charge is 0.262 e. The molecule has 2 aliphatic carbocycles. The van der Waals surface area contributed by atoms with Gasteiger partial charge in [0.05, 0.1) is 22.5 Å². The Morgan fingerprint density at radius 3 is 2.85 bits per heavy atom. The maximum absolute atomic E-state index is 13.3. The van der Waals surface area contributed by atoms with Crippen molar-refractivity contribution < 1.29 is 14.0 Å². The number of carbonyl (C=O) groups is 2. The van der Waals surface area contributed by atoms with Crippen molar-refractivity contribution in [2.24, 2.45) is 0 Å². The van der Waals surface area contributed by atoms with Crippen molar-refractivity contribution in [3.8, 4) is 0 Å². The summed E-state index contributed by atoms with van der Waals surface area (Å²) in [5, 5.41) is 0. The summed E-state index contributed by atoms with van der Waals surface area (Å²) >= 11 is 0. The van der Waals surface area contributed by atoms with E-state index in [0.29, 0.717) is 35.9 Å². The normalized spacial score (nSPS) is 19.3. The summed E-state index contributed by atoms with van der Waals surface area (Å²) in [6.45, 7) is 3.58. The number of nitrogens with zero attached hydrogens (tertiary/aromatic N) is 2. The zero-order chi connectivity index (χ0) is 17.8. The number of aryl methyl sites for hydroxylation is 2. The van der Waals surface area contributed by atoms with Gasteiger partial charge < -0.3 is 14.2 Å². The fraction of sp³-hybridized carbons (Fsp3) is 0.429. The van der Waals surface area contributed by atoms with Gasteiger partial charge in [-0.1, -0.05) is 12.1 Å². The Balaban J connectivity index is 1.56. The van der Waals surface area contributed by atoms with Crippen molar-refractivity contribution in [1.82, 2.24) is 0 Å². The van der Waals surface area contributed by atoms with Crippen LogP contribution in [0.5, 0.6) is 0 Å². The van der Waals surface area contributed by atoms with E-state index in [1.54, 1.807) is 0 Å². The summed E-state index contributed by atoms with van der Waals surface area (Å²) in [6, 6.07) is 6.73. The number of benzene rings is 1. The minimum Gasteiger partial charge on any atom is -0.468 e. The summed E-state index contributed by atoms with van der Waals surface area (Å²) in [4.78, 5) is 30.0. The van der Waals surface area contributed by atoms with Gasteiger partial charge in [0.25, 0.3) is 5.91 Å². The van der Waals surface area contributed by atoms with Gasteiger partial charge in [0, 0.05) is 32.0 Å². The fourth-order valence-corrected chi connectivity index (χ4v) is 4.36. The molecule has 1 aliphatic heterocycles. The Morgan fingerprint density at radius 1 is 1.19 bits per heavy atom. The van der Waals surface area contributed by atoms with Crippen LogP contribution in [0.25, 0.3) is 0 Å². The van der Waals surface area contributed by atoms with Gasteiger partial charge in [-0.05, 0) is 37.8 Å². The molecule has 0 radical (unpaired) electrons. The van der Waals surface area contributed by atoms with Crippen LogP contribution >= 0.6 is 0 Å². The molecular weight excluding hydrogens is 328 g/mol. The van der Waals surface area contributed by atoms with E-state index >= 15 is 0 Å². The van der Waals surface area contributed by atoms with E-state index in [0.717, 1.165) is 25.1 Å². The number of hydrogen-bond acceptors (Lipinski definition) is 4. The quantitative estimate of drug-likeness (QED) is 0.828. The largest absolute Gasteiger partial charge is 0.468 e. The lowest BCUT2D eigenvalue weighted by Gasteiger charge is -2.39. The van der Waals surface area contributed by atoms with E-state index < -0.39 is 0 Å². The second-order valence-corrected chi connectivity index (χ2v) is 7.55. The van der Waals surface area contributed by atoms with Crippen LogP contribution in [0.1, 0.15) is 57.7 Å². The van der Waals surface area contributed by atoms with Crippen molar-refractivity contribution in [1.29, 1.82) is 0 Å². The maximum atomic E-state index is 13.3. The molecule has 1 aromatic carbocycles. The van der Waals surface area contributed by atoms with Gasteiger partial charge in [-0.25, -0.2) is 0 Å². The van der Waals surface area contributed by atoms with Crippen LogP contribution in [-0.4, -0.2) is 30.8 Å². The molecule has 2 heterocycles. The Morgan fingerprint density at radius 2 is 2.04 bits per heavy atom. The fourth-order valence-electron chi connectivity index (χ4n) is 4.36. The lowest BCUT2D eigenvalue weighted by molar-refractivity contribution is 0.0945. The highest BCUT2D eigenvalue weighted by molar-refractivity contribution is 6.15. The zero-order valence-corrected chi connectivity index (χ0v) is 15.0. The standard InChI is InChI=1S/C21H22N2O3/c1-13-4-2-5-16-20(13)22(14-8-9-14)10-11-23(16)21(25)15-12-26-18-7-3-6-17(24)19(15)18/h2,4-5,12,14H,3,6-11H2,1H3. The van der Waals surface area contributed by atoms with Crippen molar-refractivity contribution in [2.75, 3.05) is 22.9 Å². The Bertz CT molecular complexity index is 910. The van der Waals surface area contributed by atoms with E-state index in [9.17, 15) is 9.59 Å². The summed E-state index contributed by atoms with van der Waals surface area (Å²) in [7, 11) is 0. The second kappa shape index (κ2) is 5.73. The number of anilines is 2. The van der Waals surface area contributed by atoms with Crippen molar-refractivity contribution in [3.63, 3.8) is 0 Å². The molecule has 0 bridgehead atoms. The van der Waals surface area contributed by atoms with Crippen LogP contribution in [-0.2, 0) is 6.42 Å². The molecule has 2 aromatic rings. The summed E-state index contributed by atoms with van der Waals surface area (Å²) in [5.41, 5.74) is 4.25. The zero-order valence-electron chi connectivity index (χ0n) is 15.0. The Labute approximate surface area is 152 Å². The molecule has 1 saturated carbocycles. The van der Waals surface area contributed by atoms with Crippen LogP contribution < -0.4 is 9.80 Å². The first-order valence-electron chi connectivity index (χ1n) is 9.47. The summed E-state index contributed by atoms with van der Waals surface area (Å²) < 4.78 is 5.57. The number of amides is 1. The second-order valence-electron chi connectivity index (χ2n) is 7.55. The lowest BCUT2D eigenvalue weighted by atomic mass is 9.93. The average Bonchev–Trinajstić information content (AvgIpc) is 3.39. The van der Waals surface area contributed by atoms with Crippen LogP contribution in [0.3, 0.4) is 0 Å². The molecule has 1 amide bonds. The topological polar surface area (TPSA) is 53.8 Å². The number of carbonyl (C=O) groups excluding carboxylic acids is 2. The maximum Gasteiger partial charge on any atom is 0.262 e. The summed E-state index contributed by atoms with van der Waals surface area (Å²) in [5.74, 6) is 0.586. The third kappa shape index (κ3) is 2.30. The first-order chi connectivity index (χ1) is 12.6. The highest BCUT2D eigenvalue weighted by Crippen LogP contribution is 2.42. The number of hydrogen-bond donors (Lipinski definition) is 0. The van der Waals surface area contributed by atoms with E-state index in [1.165, 1.54) is 30.4 Å². The number of rotatable bonds is 2. The molecule has 3 aliphatic rings. The molecule has 0 spiro atoms. The Hall–Kier alpha value is -2.56. The number of furan rings is 1. The van der Waals surface area contributed by atoms with Crippen molar-refractivity contribution in [3.05, 3.63) is 46.9 Å². The third-order valence-electron chi connectivity index (χ3n) is 5.78. The molecule has 0 unspecified atom stereocenters. The van der Waals surface area contributed by atoms with Crippen molar-refractivity contribution >= 4 is 23.1 Å². The molecule has 0 N–H and O–H groups in total. The van der Waals surface area contributed by atoms with Crippen LogP contribution in [0.2, 0.25) is 0 Å². The molecule has 0 atom stereocenters. The van der Waals surface area contributed by atoms with E-state index in [2.05, 4.69) is 17.9 Å². The molecule has 1 fully saturated rings. The molecular formula is C21H22N2O3. The first kappa shape index (κ1) is 15.7. The van der Waals surface area contributed by atoms with Gasteiger partial charge in [-0.15, -0.1) is 0 Å². The van der Waals surface area contributed by atoms with Crippen LogP contribution in [0, 0.1) is 6.92 Å². The number of fused-ring (bicyclic) bond motifs is 2. The van der Waals surface area contributed by atoms with E-state index in [-0.39, 0.29) is 11.7 Å². The molecule has 5 nitrogen and oxygen atoms in total. The molecule has 5 rings (SSSR count).